The van der Waals surface area contributed by atoms with Gasteiger partial charge in [-0.25, -0.2) is 0 Å². The average molecular weight is 192 g/mol. The second kappa shape index (κ2) is 3.57. The number of rotatable bonds is 0. The maximum Gasteiger partial charge on any atom is 0.105 e. The van der Waals surface area contributed by atoms with E-state index in [1.165, 1.54) is 51.4 Å². The van der Waals surface area contributed by atoms with Crippen molar-refractivity contribution in [3.05, 3.63) is 0 Å². The second-order valence-corrected chi connectivity index (χ2v) is 6.85. The Kier molecular flexibility index (Phi) is 2.70. The lowest BCUT2D eigenvalue weighted by Crippen LogP contribution is -2.33. The highest BCUT2D eigenvalue weighted by atomic mass is 14.4. The third kappa shape index (κ3) is 2.17. The van der Waals surface area contributed by atoms with Gasteiger partial charge >= 0.3 is 0 Å². The van der Waals surface area contributed by atoms with Gasteiger partial charge in [-0.1, -0.05) is 32.5 Å². The topological polar surface area (TPSA) is 0 Å². The lowest BCUT2D eigenvalue weighted by atomic mass is 9.56. The third-order valence-corrected chi connectivity index (χ3v) is 5.00. The highest BCUT2D eigenvalue weighted by Crippen LogP contribution is 2.53. The van der Waals surface area contributed by atoms with Crippen molar-refractivity contribution in [3.8, 4) is 0 Å². The van der Waals surface area contributed by atoms with Crippen LogP contribution in [-0.2, 0) is 0 Å². The molecule has 0 atom stereocenters. The van der Waals surface area contributed by atoms with Crippen LogP contribution in [0.25, 0.3) is 0 Å². The van der Waals surface area contributed by atoms with Gasteiger partial charge in [0.05, 0.1) is 0 Å². The Morgan fingerprint density at radius 3 is 1.86 bits per heavy atom. The van der Waals surface area contributed by atoms with Crippen molar-refractivity contribution in [3.63, 3.8) is 0 Å². The molecule has 0 bridgehead atoms. The van der Waals surface area contributed by atoms with Gasteiger partial charge in [0, 0.05) is 0 Å². The predicted octanol–water partition coefficient (Wildman–Crippen LogP) is 3.57. The van der Waals surface area contributed by atoms with E-state index in [1.807, 2.05) is 0 Å². The standard InChI is InChI=1S/C13H25B/c1-12(2)7-9-13(10-8-12)5-3-11(14)4-6-13/h11H,3-10,14H2,1-2H3. The lowest BCUT2D eigenvalue weighted by Gasteiger charge is -2.47. The minimum atomic E-state index is 0.647. The molecule has 0 aromatic rings. The van der Waals surface area contributed by atoms with Crippen LogP contribution < -0.4 is 0 Å². The van der Waals surface area contributed by atoms with Crippen LogP contribution in [0.3, 0.4) is 0 Å². The van der Waals surface area contributed by atoms with E-state index >= 15 is 0 Å². The minimum Gasteiger partial charge on any atom is -0.0697 e. The fraction of sp³-hybridized carbons (Fsp3) is 1.00. The van der Waals surface area contributed by atoms with E-state index in [1.54, 1.807) is 0 Å². The minimum absolute atomic E-state index is 0.647. The first-order valence-corrected chi connectivity index (χ1v) is 6.52. The van der Waals surface area contributed by atoms with Crippen LogP contribution in [0.4, 0.5) is 0 Å². The van der Waals surface area contributed by atoms with E-state index in [2.05, 4.69) is 21.7 Å². The Hall–Kier alpha value is 0.0649. The first-order chi connectivity index (χ1) is 6.52. The van der Waals surface area contributed by atoms with Gasteiger partial charge in [0.25, 0.3) is 0 Å². The third-order valence-electron chi connectivity index (χ3n) is 5.00. The normalized spacial score (nSPS) is 31.9. The smallest absolute Gasteiger partial charge is 0.0697 e. The zero-order valence-corrected chi connectivity index (χ0v) is 10.2. The zero-order chi connectivity index (χ0) is 10.2. The van der Waals surface area contributed by atoms with Gasteiger partial charge in [0.1, 0.15) is 7.85 Å². The molecule has 0 aliphatic heterocycles. The highest BCUT2D eigenvalue weighted by molar-refractivity contribution is 6.11. The summed E-state index contributed by atoms with van der Waals surface area (Å²) >= 11 is 0. The van der Waals surface area contributed by atoms with Gasteiger partial charge in [0.2, 0.25) is 0 Å². The van der Waals surface area contributed by atoms with Crippen molar-refractivity contribution in [2.45, 2.75) is 71.0 Å². The molecule has 0 saturated heterocycles. The van der Waals surface area contributed by atoms with Crippen LogP contribution >= 0.6 is 0 Å². The average Bonchev–Trinajstić information content (AvgIpc) is 2.16. The Morgan fingerprint density at radius 1 is 0.857 bits per heavy atom. The van der Waals surface area contributed by atoms with E-state index in [9.17, 15) is 0 Å². The first kappa shape index (κ1) is 10.6. The molecule has 0 N–H and O–H groups in total. The van der Waals surface area contributed by atoms with Gasteiger partial charge in [-0.2, -0.15) is 0 Å². The fourth-order valence-corrected chi connectivity index (χ4v) is 3.33. The van der Waals surface area contributed by atoms with Crippen molar-refractivity contribution in [2.75, 3.05) is 0 Å². The summed E-state index contributed by atoms with van der Waals surface area (Å²) in [6.07, 6.45) is 12.1. The maximum atomic E-state index is 2.45. The monoisotopic (exact) mass is 192 g/mol. The van der Waals surface area contributed by atoms with E-state index in [4.69, 9.17) is 0 Å². The number of hydrogen-bond donors (Lipinski definition) is 0. The molecule has 14 heavy (non-hydrogen) atoms. The van der Waals surface area contributed by atoms with Gasteiger partial charge in [0.15, 0.2) is 0 Å². The molecule has 0 nitrogen and oxygen atoms in total. The van der Waals surface area contributed by atoms with Crippen molar-refractivity contribution in [1.29, 1.82) is 0 Å². The van der Waals surface area contributed by atoms with Gasteiger partial charge in [-0.05, 0) is 49.4 Å². The largest absolute Gasteiger partial charge is 0.105 e. The lowest BCUT2D eigenvalue weighted by molar-refractivity contribution is 0.0645. The van der Waals surface area contributed by atoms with Crippen molar-refractivity contribution in [2.24, 2.45) is 10.8 Å². The first-order valence-electron chi connectivity index (χ1n) is 6.52. The van der Waals surface area contributed by atoms with E-state index in [0.29, 0.717) is 5.41 Å². The molecule has 0 radical (unpaired) electrons. The van der Waals surface area contributed by atoms with Gasteiger partial charge in [-0.15, -0.1) is 0 Å². The molecule has 1 spiro atoms. The quantitative estimate of drug-likeness (QED) is 0.514. The SMILES string of the molecule is BC1CCC2(CC1)CCC(C)(C)CC2. The molecule has 1 heteroatoms. The van der Waals surface area contributed by atoms with E-state index in [0.717, 1.165) is 11.2 Å². The predicted molar refractivity (Wildman–Crippen MR) is 65.4 cm³/mol. The maximum absolute atomic E-state index is 2.45. The molecule has 2 fully saturated rings. The molecular formula is C13H25B. The van der Waals surface area contributed by atoms with E-state index < -0.39 is 0 Å². The Bertz CT molecular complexity index is 187. The zero-order valence-electron chi connectivity index (χ0n) is 10.2. The van der Waals surface area contributed by atoms with Crippen molar-refractivity contribution in [1.82, 2.24) is 0 Å². The highest BCUT2D eigenvalue weighted by Gasteiger charge is 2.39. The van der Waals surface area contributed by atoms with Crippen LogP contribution in [0, 0.1) is 10.8 Å². The summed E-state index contributed by atoms with van der Waals surface area (Å²) in [6, 6.07) is 0. The molecule has 2 saturated carbocycles. The van der Waals surface area contributed by atoms with Crippen LogP contribution in [-0.4, -0.2) is 7.85 Å². The molecule has 0 amide bonds. The van der Waals surface area contributed by atoms with Crippen LogP contribution in [0.15, 0.2) is 0 Å². The summed E-state index contributed by atoms with van der Waals surface area (Å²) in [5.74, 6) is 1.01. The molecule has 2 rings (SSSR count). The molecular weight excluding hydrogens is 167 g/mol. The van der Waals surface area contributed by atoms with Crippen LogP contribution in [0.1, 0.15) is 65.2 Å². The molecule has 0 heterocycles. The Labute approximate surface area is 90.3 Å². The van der Waals surface area contributed by atoms with Crippen molar-refractivity contribution < 1.29 is 0 Å². The van der Waals surface area contributed by atoms with E-state index in [-0.39, 0.29) is 0 Å². The summed E-state index contributed by atoms with van der Waals surface area (Å²) < 4.78 is 0. The van der Waals surface area contributed by atoms with Gasteiger partial charge < -0.3 is 0 Å². The summed E-state index contributed by atoms with van der Waals surface area (Å²) in [4.78, 5) is 0. The van der Waals surface area contributed by atoms with Crippen molar-refractivity contribution >= 4 is 7.85 Å². The summed E-state index contributed by atoms with van der Waals surface area (Å²) in [5.41, 5.74) is 1.44. The summed E-state index contributed by atoms with van der Waals surface area (Å²) in [5, 5.41) is 0. The van der Waals surface area contributed by atoms with Gasteiger partial charge in [-0.3, -0.25) is 0 Å². The van der Waals surface area contributed by atoms with Crippen LogP contribution in [0.2, 0.25) is 5.82 Å². The fourth-order valence-electron chi connectivity index (χ4n) is 3.33. The molecule has 80 valence electrons. The molecule has 0 unspecified atom stereocenters. The summed E-state index contributed by atoms with van der Waals surface area (Å²) in [6.45, 7) is 4.90. The molecule has 2 aliphatic carbocycles. The van der Waals surface area contributed by atoms with Crippen LogP contribution in [0.5, 0.6) is 0 Å². The molecule has 2 aliphatic rings. The Morgan fingerprint density at radius 2 is 1.36 bits per heavy atom. The number of hydrogen-bond acceptors (Lipinski definition) is 0. The Balaban J connectivity index is 1.93. The second-order valence-electron chi connectivity index (χ2n) is 6.85. The molecule has 0 aromatic carbocycles. The molecule has 0 aromatic heterocycles. The summed E-state index contributed by atoms with van der Waals surface area (Å²) in [7, 11) is 2.43.